The number of aryl methyl sites for hydroxylation is 2. The molecule has 1 aliphatic carbocycles. The third-order valence-corrected chi connectivity index (χ3v) is 11.0. The Morgan fingerprint density at radius 2 is 1.16 bits per heavy atom. The fraction of sp³-hybridized carbons (Fsp3) is 0.553. The van der Waals surface area contributed by atoms with Gasteiger partial charge in [0.1, 0.15) is 11.6 Å². The fourth-order valence-corrected chi connectivity index (χ4v) is 5.98. The molecule has 2 aromatic rings. The van der Waals surface area contributed by atoms with Crippen LogP contribution in [0.25, 0.3) is 0 Å². The van der Waals surface area contributed by atoms with Gasteiger partial charge in [0.25, 0.3) is 0 Å². The van der Waals surface area contributed by atoms with Crippen molar-refractivity contribution in [2.24, 2.45) is 0 Å². The van der Waals surface area contributed by atoms with Crippen LogP contribution in [0.4, 0.5) is 51.3 Å². The number of allylic oxidation sites excluding steroid dienone is 2. The number of hydrogen-bond acceptors (Lipinski definition) is 6. The molecule has 0 unspecified atom stereocenters. The molecular formula is C38H50B2ClF8N3O5. The highest BCUT2D eigenvalue weighted by molar-refractivity contribution is 6.63. The summed E-state index contributed by atoms with van der Waals surface area (Å²) in [6.45, 7) is 18.2. The Kier molecular flexibility index (Phi) is 14.4. The predicted octanol–water partition coefficient (Wildman–Crippen LogP) is 8.87. The van der Waals surface area contributed by atoms with Crippen molar-refractivity contribution >= 4 is 55.0 Å². The van der Waals surface area contributed by atoms with Crippen LogP contribution in [-0.2, 0) is 18.6 Å². The van der Waals surface area contributed by atoms with Gasteiger partial charge in [0.05, 0.1) is 45.9 Å². The van der Waals surface area contributed by atoms with Crippen molar-refractivity contribution in [2.75, 3.05) is 24.1 Å². The number of urea groups is 1. The molecule has 19 heteroatoms. The first kappa shape index (κ1) is 48.1. The van der Waals surface area contributed by atoms with E-state index in [1.54, 1.807) is 13.0 Å². The highest BCUT2D eigenvalue weighted by Gasteiger charge is 2.53. The van der Waals surface area contributed by atoms with Crippen LogP contribution in [0.5, 0.6) is 0 Å². The fourth-order valence-electron chi connectivity index (χ4n) is 5.98. The highest BCUT2D eigenvalue weighted by atomic mass is 35.5. The van der Waals surface area contributed by atoms with Crippen molar-refractivity contribution in [3.05, 3.63) is 70.3 Å². The van der Waals surface area contributed by atoms with Crippen molar-refractivity contribution in [3.8, 4) is 0 Å². The number of halogens is 9. The van der Waals surface area contributed by atoms with Gasteiger partial charge < -0.3 is 34.6 Å². The van der Waals surface area contributed by atoms with Gasteiger partial charge in [0.15, 0.2) is 0 Å². The second-order valence-corrected chi connectivity index (χ2v) is 16.3. The molecule has 316 valence electrons. The molecule has 0 saturated carbocycles. The SMILES string of the molecule is Cc1cc(F)c(N)cc1B1OC(C)(C)C(C)(C)O1.Cc1cc(F)c(NC(=O)N2CC=C(C(F)(F)F)C2)cc1B1OC(C)(C)C(C)(C)O1.Cl.FC(F)(F)C1=CCCC1. The number of amides is 2. The molecule has 3 heterocycles. The smallest absolute Gasteiger partial charge is 0.399 e. The van der Waals surface area contributed by atoms with Gasteiger partial charge in [-0.25, -0.2) is 13.6 Å². The third-order valence-electron chi connectivity index (χ3n) is 11.0. The molecule has 4 aliphatic rings. The standard InChI is InChI=1S/C19H23BF4N2O3.C13H19BFNO2.C6H7F3.ClH/c1-11-8-14(21)15(9-13(11)20-28-17(2,3)18(4,5)29-20)25-16(27)26-7-6-12(10-26)19(22,23)24;1-8-6-10(15)11(16)7-9(8)14-17-12(2,3)13(4,5)18-14;7-6(8,9)5-3-1-2-4-5;/h6,8-9H,7,10H2,1-5H3,(H,25,27);6-7H,16H2,1-5H3;3H,1-2,4H2;1H. The van der Waals surface area contributed by atoms with Gasteiger partial charge in [0, 0.05) is 12.1 Å². The molecule has 2 amide bonds. The maximum atomic E-state index is 14.4. The summed E-state index contributed by atoms with van der Waals surface area (Å²) in [5.41, 5.74) is 5.09. The van der Waals surface area contributed by atoms with Crippen molar-refractivity contribution < 1.29 is 58.5 Å². The molecule has 2 fully saturated rings. The van der Waals surface area contributed by atoms with E-state index in [0.717, 1.165) is 22.0 Å². The van der Waals surface area contributed by atoms with E-state index in [4.69, 9.17) is 24.4 Å². The number of nitrogen functional groups attached to an aromatic ring is 1. The molecule has 3 N–H and O–H groups in total. The first-order valence-corrected chi connectivity index (χ1v) is 18.1. The number of carbonyl (C=O) groups is 1. The number of alkyl halides is 6. The van der Waals surface area contributed by atoms with E-state index in [0.29, 0.717) is 23.9 Å². The summed E-state index contributed by atoms with van der Waals surface area (Å²) in [6, 6.07) is 4.82. The Balaban J connectivity index is 0.000000263. The zero-order chi connectivity index (χ0) is 42.4. The monoisotopic (exact) mass is 837 g/mol. The number of hydrogen-bond donors (Lipinski definition) is 2. The van der Waals surface area contributed by atoms with Gasteiger partial charge in [-0.2, -0.15) is 26.3 Å². The van der Waals surface area contributed by atoms with E-state index in [2.05, 4.69) is 5.32 Å². The van der Waals surface area contributed by atoms with E-state index in [1.807, 2.05) is 62.3 Å². The molecule has 0 bridgehead atoms. The Morgan fingerprint density at radius 3 is 1.54 bits per heavy atom. The minimum Gasteiger partial charge on any atom is -0.399 e. The molecule has 0 aromatic heterocycles. The lowest BCUT2D eigenvalue weighted by atomic mass is 9.76. The van der Waals surface area contributed by atoms with Crippen molar-refractivity contribution in [1.82, 2.24) is 4.90 Å². The van der Waals surface area contributed by atoms with Gasteiger partial charge in [0.2, 0.25) is 0 Å². The van der Waals surface area contributed by atoms with Crippen molar-refractivity contribution in [1.29, 1.82) is 0 Å². The quantitative estimate of drug-likeness (QED) is 0.139. The molecule has 2 aromatic carbocycles. The van der Waals surface area contributed by atoms with Crippen LogP contribution in [0, 0.1) is 25.5 Å². The largest absolute Gasteiger partial charge is 0.495 e. The van der Waals surface area contributed by atoms with Gasteiger partial charge in [-0.05, 0) is 135 Å². The van der Waals surface area contributed by atoms with E-state index in [9.17, 15) is 39.9 Å². The van der Waals surface area contributed by atoms with Gasteiger partial charge in [-0.1, -0.05) is 12.2 Å². The van der Waals surface area contributed by atoms with Gasteiger partial charge in [-0.15, -0.1) is 12.4 Å². The summed E-state index contributed by atoms with van der Waals surface area (Å²) >= 11 is 0. The van der Waals surface area contributed by atoms with Crippen molar-refractivity contribution in [3.63, 3.8) is 0 Å². The highest BCUT2D eigenvalue weighted by Crippen LogP contribution is 2.38. The lowest BCUT2D eigenvalue weighted by molar-refractivity contribution is -0.0939. The molecule has 6 rings (SSSR count). The van der Waals surface area contributed by atoms with Crippen LogP contribution in [0.3, 0.4) is 0 Å². The Hall–Kier alpha value is -3.31. The number of benzene rings is 2. The third kappa shape index (κ3) is 11.0. The summed E-state index contributed by atoms with van der Waals surface area (Å²) in [5.74, 6) is -1.10. The van der Waals surface area contributed by atoms with Crippen LogP contribution in [0.15, 0.2) is 47.6 Å². The summed E-state index contributed by atoms with van der Waals surface area (Å²) in [4.78, 5) is 13.3. The number of carbonyl (C=O) groups excluding carboxylic acids is 1. The zero-order valence-electron chi connectivity index (χ0n) is 33.7. The normalized spacial score (nSPS) is 20.5. The van der Waals surface area contributed by atoms with Crippen LogP contribution in [0.2, 0.25) is 0 Å². The predicted molar refractivity (Wildman–Crippen MR) is 208 cm³/mol. The summed E-state index contributed by atoms with van der Waals surface area (Å²) < 4.78 is 125. The second kappa shape index (κ2) is 17.1. The van der Waals surface area contributed by atoms with E-state index >= 15 is 0 Å². The second-order valence-electron chi connectivity index (χ2n) is 16.3. The average molecular weight is 838 g/mol. The summed E-state index contributed by atoms with van der Waals surface area (Å²) in [5, 5.41) is 2.36. The van der Waals surface area contributed by atoms with Crippen LogP contribution < -0.4 is 22.0 Å². The van der Waals surface area contributed by atoms with Crippen LogP contribution >= 0.6 is 12.4 Å². The van der Waals surface area contributed by atoms with E-state index in [1.165, 1.54) is 24.3 Å². The maximum absolute atomic E-state index is 14.4. The summed E-state index contributed by atoms with van der Waals surface area (Å²) in [6.07, 6.45) is -4.86. The van der Waals surface area contributed by atoms with E-state index in [-0.39, 0.29) is 42.3 Å². The molecule has 8 nitrogen and oxygen atoms in total. The Bertz CT molecular complexity index is 1840. The summed E-state index contributed by atoms with van der Waals surface area (Å²) in [7, 11) is -1.26. The van der Waals surface area contributed by atoms with Gasteiger partial charge >= 0.3 is 32.6 Å². The van der Waals surface area contributed by atoms with E-state index < -0.39 is 78.8 Å². The minimum absolute atomic E-state index is 0. The maximum Gasteiger partial charge on any atom is 0.495 e. The minimum atomic E-state index is -4.49. The number of nitrogens with zero attached hydrogens (tertiary/aromatic N) is 1. The molecular weight excluding hydrogens is 787 g/mol. The molecule has 3 aliphatic heterocycles. The number of nitrogens with two attached hydrogens (primary N) is 1. The molecule has 2 saturated heterocycles. The lowest BCUT2D eigenvalue weighted by Crippen LogP contribution is -2.41. The molecule has 57 heavy (non-hydrogen) atoms. The zero-order valence-corrected chi connectivity index (χ0v) is 34.5. The molecule has 0 spiro atoms. The number of anilines is 2. The number of rotatable bonds is 3. The first-order chi connectivity index (χ1) is 25.5. The Labute approximate surface area is 335 Å². The molecule has 0 atom stereocenters. The lowest BCUT2D eigenvalue weighted by Gasteiger charge is -2.32. The first-order valence-electron chi connectivity index (χ1n) is 18.1. The van der Waals surface area contributed by atoms with Crippen LogP contribution in [-0.4, -0.2) is 73.0 Å². The number of nitrogens with one attached hydrogen (secondary N) is 1. The van der Waals surface area contributed by atoms with Crippen LogP contribution in [0.1, 0.15) is 85.8 Å². The Morgan fingerprint density at radius 1 is 0.719 bits per heavy atom. The topological polar surface area (TPSA) is 95.3 Å². The average Bonchev–Trinajstić information content (AvgIpc) is 3.83. The van der Waals surface area contributed by atoms with Gasteiger partial charge in [-0.3, -0.25) is 0 Å². The van der Waals surface area contributed by atoms with Crippen molar-refractivity contribution in [2.45, 2.75) is 123 Å². The molecule has 0 radical (unpaired) electrons.